The fourth-order valence-electron chi connectivity index (χ4n) is 3.06. The average molecular weight is 519 g/mol. The summed E-state index contributed by atoms with van der Waals surface area (Å²) in [5.74, 6) is 6.99. The molecule has 0 radical (unpaired) electrons. The van der Waals surface area contributed by atoms with Crippen molar-refractivity contribution in [2.45, 2.75) is 52.9 Å². The summed E-state index contributed by atoms with van der Waals surface area (Å²) in [7, 11) is 1.55. The maximum Gasteiger partial charge on any atom is 0.273 e. The molecule has 0 heterocycles. The molecule has 0 saturated heterocycles. The average Bonchev–Trinajstić information content (AvgIpc) is 2.77. The molecular formula is C25H35BrN4O3. The van der Waals surface area contributed by atoms with E-state index < -0.39 is 5.91 Å². The zero-order chi connectivity index (χ0) is 24.8. The van der Waals surface area contributed by atoms with Crippen LogP contribution in [0.4, 0.5) is 11.4 Å². The number of methoxy groups -OCH3 is 1. The number of unbranched alkanes of at least 4 members (excludes halogenated alkanes) is 1. The van der Waals surface area contributed by atoms with Gasteiger partial charge in [0.05, 0.1) is 25.1 Å². The maximum absolute atomic E-state index is 13.1. The molecule has 0 aliphatic heterocycles. The quantitative estimate of drug-likeness (QED) is 0.176. The fourth-order valence-corrected chi connectivity index (χ4v) is 3.41. The number of benzene rings is 2. The second kappa shape index (κ2) is 11.4. The number of nitrogens with zero attached hydrogens (tertiary/aromatic N) is 1. The summed E-state index contributed by atoms with van der Waals surface area (Å²) in [6.07, 6.45) is 1.94. The van der Waals surface area contributed by atoms with Crippen molar-refractivity contribution in [3.8, 4) is 11.5 Å². The van der Waals surface area contributed by atoms with E-state index in [1.165, 1.54) is 5.01 Å². The van der Waals surface area contributed by atoms with Crippen LogP contribution in [-0.2, 0) is 10.2 Å². The first-order valence-electron chi connectivity index (χ1n) is 10.9. The van der Waals surface area contributed by atoms with Crippen molar-refractivity contribution in [1.82, 2.24) is 0 Å². The highest BCUT2D eigenvalue weighted by Crippen LogP contribution is 2.33. The van der Waals surface area contributed by atoms with Crippen LogP contribution in [0.25, 0.3) is 0 Å². The molecule has 2 aromatic carbocycles. The number of rotatable bonds is 9. The lowest BCUT2D eigenvalue weighted by Crippen LogP contribution is -2.34. The van der Waals surface area contributed by atoms with Gasteiger partial charge in [-0.2, -0.15) is 0 Å². The third kappa shape index (κ3) is 6.88. The number of nitrogens with two attached hydrogens (primary N) is 2. The lowest BCUT2D eigenvalue weighted by atomic mass is 9.87. The van der Waals surface area contributed by atoms with Gasteiger partial charge in [0.2, 0.25) is 0 Å². The largest absolute Gasteiger partial charge is 0.495 e. The molecule has 0 unspecified atom stereocenters. The lowest BCUT2D eigenvalue weighted by Gasteiger charge is -2.24. The van der Waals surface area contributed by atoms with Gasteiger partial charge in [-0.3, -0.25) is 9.80 Å². The number of hydrazine groups is 1. The smallest absolute Gasteiger partial charge is 0.273 e. The number of hydrogen-bond donors (Lipinski definition) is 3. The van der Waals surface area contributed by atoms with Crippen LogP contribution in [0, 0.1) is 0 Å². The van der Waals surface area contributed by atoms with Gasteiger partial charge in [0.1, 0.15) is 22.9 Å². The first-order chi connectivity index (χ1) is 15.5. The summed E-state index contributed by atoms with van der Waals surface area (Å²) in [5, 5.41) is 4.24. The van der Waals surface area contributed by atoms with Crippen molar-refractivity contribution in [2.75, 3.05) is 24.0 Å². The van der Waals surface area contributed by atoms with Gasteiger partial charge in [0.25, 0.3) is 5.91 Å². The van der Waals surface area contributed by atoms with Crippen molar-refractivity contribution in [3.05, 3.63) is 57.8 Å². The molecule has 0 saturated carbocycles. The Morgan fingerprint density at radius 1 is 1.15 bits per heavy atom. The van der Waals surface area contributed by atoms with E-state index in [1.54, 1.807) is 26.2 Å². The molecule has 0 spiro atoms. The molecule has 180 valence electrons. The summed E-state index contributed by atoms with van der Waals surface area (Å²) in [4.78, 5) is 13.1. The molecule has 2 aromatic rings. The van der Waals surface area contributed by atoms with Gasteiger partial charge < -0.3 is 20.5 Å². The van der Waals surface area contributed by atoms with Crippen LogP contribution in [0.2, 0.25) is 0 Å². The monoisotopic (exact) mass is 518 g/mol. The third-order valence-corrected chi connectivity index (χ3v) is 5.74. The Hall–Kier alpha value is -2.71. The minimum Gasteiger partial charge on any atom is -0.495 e. The van der Waals surface area contributed by atoms with E-state index in [-0.39, 0.29) is 11.1 Å². The minimum absolute atomic E-state index is 0.0137. The molecule has 0 aliphatic rings. The molecule has 0 fully saturated rings. The van der Waals surface area contributed by atoms with Crippen molar-refractivity contribution in [3.63, 3.8) is 0 Å². The van der Waals surface area contributed by atoms with Crippen LogP contribution in [-0.4, -0.2) is 19.6 Å². The lowest BCUT2D eigenvalue weighted by molar-refractivity contribution is -0.113. The van der Waals surface area contributed by atoms with E-state index in [9.17, 15) is 4.79 Å². The number of allylic oxidation sites excluding steroid dienone is 1. The van der Waals surface area contributed by atoms with Crippen LogP contribution in [0.1, 0.15) is 53.0 Å². The minimum atomic E-state index is -0.469. The molecule has 1 amide bonds. The van der Waals surface area contributed by atoms with E-state index in [1.807, 2.05) is 24.3 Å². The third-order valence-electron chi connectivity index (χ3n) is 5.25. The number of hydrogen-bond acceptors (Lipinski definition) is 6. The molecule has 2 rings (SSSR count). The van der Waals surface area contributed by atoms with E-state index in [0.29, 0.717) is 35.2 Å². The molecule has 5 N–H and O–H groups in total. The van der Waals surface area contributed by atoms with Crippen molar-refractivity contribution in [2.24, 2.45) is 11.6 Å². The SMILES string of the molecule is CCCCOc1ccc(C(C)(C)C)cc1NC(=O)/C(N)=C(\C)N(N)c1cc(Br)ccc1OC. The standard InChI is InChI=1S/C25H35BrN4O3/c1-7-8-13-33-21-11-9-17(25(3,4)5)14-19(21)29-24(31)23(27)16(2)30(28)20-15-18(26)10-12-22(20)32-6/h9-12,14-15H,7-8,13,27-28H2,1-6H3,(H,29,31)/b23-16-. The predicted octanol–water partition coefficient (Wildman–Crippen LogP) is 5.44. The van der Waals surface area contributed by atoms with Crippen molar-refractivity contribution >= 4 is 33.2 Å². The molecule has 8 heteroatoms. The first kappa shape index (κ1) is 26.5. The molecule has 7 nitrogen and oxygen atoms in total. The number of ether oxygens (including phenoxy) is 2. The summed E-state index contributed by atoms with van der Waals surface area (Å²) < 4.78 is 12.1. The van der Waals surface area contributed by atoms with Crippen LogP contribution < -0.4 is 31.4 Å². The van der Waals surface area contributed by atoms with Crippen LogP contribution in [0.3, 0.4) is 0 Å². The van der Waals surface area contributed by atoms with Gasteiger partial charge in [-0.25, -0.2) is 5.84 Å². The Morgan fingerprint density at radius 2 is 1.82 bits per heavy atom. The Labute approximate surface area is 205 Å². The normalized spacial score (nSPS) is 12.1. The fraction of sp³-hybridized carbons (Fsp3) is 0.400. The Morgan fingerprint density at radius 3 is 2.42 bits per heavy atom. The number of nitrogens with one attached hydrogen (secondary N) is 1. The zero-order valence-electron chi connectivity index (χ0n) is 20.3. The van der Waals surface area contributed by atoms with E-state index in [2.05, 4.69) is 48.9 Å². The predicted molar refractivity (Wildman–Crippen MR) is 138 cm³/mol. The summed E-state index contributed by atoms with van der Waals surface area (Å²) >= 11 is 3.43. The van der Waals surface area contributed by atoms with Crippen molar-refractivity contribution < 1.29 is 14.3 Å². The molecule has 33 heavy (non-hydrogen) atoms. The maximum atomic E-state index is 13.1. The number of carbonyl (C=O) groups excluding carboxylic acids is 1. The van der Waals surface area contributed by atoms with Gasteiger partial charge in [-0.15, -0.1) is 0 Å². The molecule has 0 atom stereocenters. The highest BCUT2D eigenvalue weighted by atomic mass is 79.9. The summed E-state index contributed by atoms with van der Waals surface area (Å²) in [6.45, 7) is 10.7. The summed E-state index contributed by atoms with van der Waals surface area (Å²) in [6, 6.07) is 11.2. The number of halogens is 1. The highest BCUT2D eigenvalue weighted by Gasteiger charge is 2.20. The molecule has 0 bridgehead atoms. The second-order valence-corrected chi connectivity index (χ2v) is 9.72. The Balaban J connectivity index is 2.36. The van der Waals surface area contributed by atoms with E-state index >= 15 is 0 Å². The van der Waals surface area contributed by atoms with E-state index in [4.69, 9.17) is 21.1 Å². The van der Waals surface area contributed by atoms with Gasteiger partial charge in [-0.05, 0) is 54.7 Å². The molecular weight excluding hydrogens is 484 g/mol. The highest BCUT2D eigenvalue weighted by molar-refractivity contribution is 9.10. The van der Waals surface area contributed by atoms with Crippen LogP contribution in [0.15, 0.2) is 52.3 Å². The Bertz CT molecular complexity index is 1020. The van der Waals surface area contributed by atoms with Gasteiger partial charge in [0.15, 0.2) is 0 Å². The Kier molecular flexibility index (Phi) is 9.19. The number of carbonyl (C=O) groups is 1. The van der Waals surface area contributed by atoms with Gasteiger partial charge >= 0.3 is 0 Å². The zero-order valence-corrected chi connectivity index (χ0v) is 21.9. The van der Waals surface area contributed by atoms with Crippen LogP contribution >= 0.6 is 15.9 Å². The van der Waals surface area contributed by atoms with Gasteiger partial charge in [0, 0.05) is 4.47 Å². The molecule has 0 aliphatic carbocycles. The van der Waals surface area contributed by atoms with Crippen LogP contribution in [0.5, 0.6) is 11.5 Å². The number of anilines is 2. The van der Waals surface area contributed by atoms with Crippen molar-refractivity contribution in [1.29, 1.82) is 0 Å². The summed E-state index contributed by atoms with van der Waals surface area (Å²) in [5.41, 5.74) is 8.71. The topological polar surface area (TPSA) is 103 Å². The molecule has 0 aromatic heterocycles. The van der Waals surface area contributed by atoms with E-state index in [0.717, 1.165) is 22.9 Å². The number of amides is 1. The first-order valence-corrected chi connectivity index (χ1v) is 11.7. The van der Waals surface area contributed by atoms with Gasteiger partial charge in [-0.1, -0.05) is 56.1 Å². The second-order valence-electron chi connectivity index (χ2n) is 8.80.